The number of nitrogens with one attached hydrogen (secondary N) is 1. The lowest BCUT2D eigenvalue weighted by molar-refractivity contribution is 0.415. The van der Waals surface area contributed by atoms with Crippen LogP contribution in [-0.4, -0.2) is 16.7 Å². The third-order valence-electron chi connectivity index (χ3n) is 5.39. The molecule has 2 aliphatic rings. The summed E-state index contributed by atoms with van der Waals surface area (Å²) in [4.78, 5) is 17.5. The van der Waals surface area contributed by atoms with E-state index < -0.39 is 0 Å². The Labute approximate surface area is 164 Å². The van der Waals surface area contributed by atoms with Crippen molar-refractivity contribution in [2.45, 2.75) is 13.3 Å². The van der Waals surface area contributed by atoms with Gasteiger partial charge in [-0.1, -0.05) is 18.2 Å². The monoisotopic (exact) mass is 373 g/mol. The molecule has 2 heterocycles. The van der Waals surface area contributed by atoms with Crippen molar-refractivity contribution in [3.05, 3.63) is 76.6 Å². The summed E-state index contributed by atoms with van der Waals surface area (Å²) in [5.41, 5.74) is 3.40. The first-order valence-corrected chi connectivity index (χ1v) is 9.47. The molecule has 0 radical (unpaired) electrons. The molecule has 142 valence electrons. The lowest BCUT2D eigenvalue weighted by Crippen LogP contribution is -2.15. The number of hydrogen-bond donors (Lipinski definition) is 1. The van der Waals surface area contributed by atoms with Crippen LogP contribution in [0.2, 0.25) is 0 Å². The first-order chi connectivity index (χ1) is 13.6. The van der Waals surface area contributed by atoms with Crippen molar-refractivity contribution in [3.63, 3.8) is 0 Å². The van der Waals surface area contributed by atoms with Gasteiger partial charge >= 0.3 is 0 Å². The molecule has 2 unspecified atom stereocenters. The highest BCUT2D eigenvalue weighted by molar-refractivity contribution is 5.85. The second-order valence-electron chi connectivity index (χ2n) is 7.42. The first kappa shape index (κ1) is 16.8. The summed E-state index contributed by atoms with van der Waals surface area (Å²) in [6.07, 6.45) is 7.88. The number of pyridine rings is 2. The molecular formula is C23H23N3O2. The van der Waals surface area contributed by atoms with Gasteiger partial charge in [-0.05, 0) is 55.5 Å². The second kappa shape index (κ2) is 6.37. The fourth-order valence-corrected chi connectivity index (χ4v) is 3.78. The lowest BCUT2D eigenvalue weighted by atomic mass is 10.1. The summed E-state index contributed by atoms with van der Waals surface area (Å²) < 4.78 is 7.37. The Morgan fingerprint density at radius 1 is 1.21 bits per heavy atom. The largest absolute Gasteiger partial charge is 0.497 e. The minimum Gasteiger partial charge on any atom is -0.497 e. The average Bonchev–Trinajstić information content (AvgIpc) is 3.47. The van der Waals surface area contributed by atoms with Crippen LogP contribution in [0.5, 0.6) is 5.75 Å². The van der Waals surface area contributed by atoms with Crippen molar-refractivity contribution in [2.24, 2.45) is 11.8 Å². The van der Waals surface area contributed by atoms with E-state index in [2.05, 4.69) is 23.5 Å². The summed E-state index contributed by atoms with van der Waals surface area (Å²) in [5, 5.41) is 4.01. The van der Waals surface area contributed by atoms with E-state index in [1.165, 1.54) is 6.42 Å². The molecule has 28 heavy (non-hydrogen) atoms. The minimum absolute atomic E-state index is 0. The van der Waals surface area contributed by atoms with Crippen molar-refractivity contribution in [1.82, 2.24) is 9.55 Å². The van der Waals surface area contributed by atoms with Gasteiger partial charge in [-0.3, -0.25) is 9.36 Å². The van der Waals surface area contributed by atoms with Crippen LogP contribution in [0.25, 0.3) is 16.7 Å². The van der Waals surface area contributed by atoms with E-state index in [1.807, 2.05) is 47.9 Å². The Kier molecular flexibility index (Phi) is 3.83. The zero-order valence-corrected chi connectivity index (χ0v) is 15.8. The van der Waals surface area contributed by atoms with Gasteiger partial charge in [-0.25, -0.2) is 4.98 Å². The van der Waals surface area contributed by atoms with Gasteiger partial charge in [0.05, 0.1) is 12.5 Å². The molecule has 0 spiro atoms. The maximum atomic E-state index is 12.8. The molecule has 2 aliphatic carbocycles. The van der Waals surface area contributed by atoms with Gasteiger partial charge in [0, 0.05) is 30.6 Å². The third kappa shape index (κ3) is 2.89. The van der Waals surface area contributed by atoms with Crippen molar-refractivity contribution >= 4 is 28.2 Å². The van der Waals surface area contributed by atoms with Crippen molar-refractivity contribution in [3.8, 4) is 5.75 Å². The molecular weight excluding hydrogens is 350 g/mol. The topological polar surface area (TPSA) is 56.1 Å². The second-order valence-corrected chi connectivity index (χ2v) is 7.42. The van der Waals surface area contributed by atoms with Crippen molar-refractivity contribution in [1.29, 1.82) is 0 Å². The fourth-order valence-electron chi connectivity index (χ4n) is 3.78. The van der Waals surface area contributed by atoms with Gasteiger partial charge in [0.15, 0.2) is 5.43 Å². The number of hydrogen-bond acceptors (Lipinski definition) is 4. The number of anilines is 2. The number of rotatable bonds is 4. The average molecular weight is 373 g/mol. The Morgan fingerprint density at radius 3 is 2.93 bits per heavy atom. The molecule has 0 aliphatic heterocycles. The van der Waals surface area contributed by atoms with E-state index in [1.54, 1.807) is 13.2 Å². The van der Waals surface area contributed by atoms with Gasteiger partial charge in [0.25, 0.3) is 0 Å². The fraction of sp³-hybridized carbons (Fsp3) is 0.217. The molecule has 3 aromatic rings. The molecule has 0 saturated heterocycles. The molecule has 0 bridgehead atoms. The maximum absolute atomic E-state index is 12.8. The molecule has 5 nitrogen and oxygen atoms in total. The SMILES string of the molecule is COc1cccc(Nc2cc(=O)c3ccc(C)nc3n2C2=CC3CC3C=C2)c1.[HH]. The van der Waals surface area contributed by atoms with Crippen molar-refractivity contribution in [2.75, 3.05) is 12.4 Å². The van der Waals surface area contributed by atoms with Gasteiger partial charge in [-0.15, -0.1) is 0 Å². The molecule has 0 amide bonds. The third-order valence-corrected chi connectivity index (χ3v) is 5.39. The number of aryl methyl sites for hydroxylation is 1. The van der Waals surface area contributed by atoms with E-state index in [4.69, 9.17) is 9.72 Å². The number of aromatic nitrogens is 2. The summed E-state index contributed by atoms with van der Waals surface area (Å²) >= 11 is 0. The van der Waals surface area contributed by atoms with Gasteiger partial charge < -0.3 is 10.1 Å². The highest BCUT2D eigenvalue weighted by atomic mass is 16.5. The quantitative estimate of drug-likeness (QED) is 0.717. The number of ether oxygens (including phenoxy) is 1. The predicted molar refractivity (Wildman–Crippen MR) is 114 cm³/mol. The van der Waals surface area contributed by atoms with Gasteiger partial charge in [-0.2, -0.15) is 0 Å². The van der Waals surface area contributed by atoms with Crippen LogP contribution in [-0.2, 0) is 0 Å². The van der Waals surface area contributed by atoms with Crippen LogP contribution in [0.3, 0.4) is 0 Å². The first-order valence-electron chi connectivity index (χ1n) is 9.47. The number of nitrogens with zero attached hydrogens (tertiary/aromatic N) is 2. The molecule has 1 fully saturated rings. The highest BCUT2D eigenvalue weighted by Crippen LogP contribution is 2.45. The smallest absolute Gasteiger partial charge is 0.193 e. The molecule has 2 atom stereocenters. The van der Waals surface area contributed by atoms with Crippen LogP contribution < -0.4 is 15.5 Å². The Morgan fingerprint density at radius 2 is 2.11 bits per heavy atom. The summed E-state index contributed by atoms with van der Waals surface area (Å²) in [5.74, 6) is 2.70. The normalized spacial score (nSPS) is 19.9. The zero-order chi connectivity index (χ0) is 19.3. The molecule has 5 rings (SSSR count). The van der Waals surface area contributed by atoms with E-state index >= 15 is 0 Å². The number of allylic oxidation sites excluding steroid dienone is 4. The van der Waals surface area contributed by atoms with Gasteiger partial charge in [0.1, 0.15) is 17.2 Å². The molecule has 1 saturated carbocycles. The molecule has 2 aromatic heterocycles. The van der Waals surface area contributed by atoms with E-state index in [0.717, 1.165) is 22.8 Å². The minimum atomic E-state index is -0.0474. The van der Waals surface area contributed by atoms with E-state index in [-0.39, 0.29) is 6.86 Å². The van der Waals surface area contributed by atoms with Gasteiger partial charge in [0.2, 0.25) is 0 Å². The van der Waals surface area contributed by atoms with Crippen molar-refractivity contribution < 1.29 is 6.16 Å². The zero-order valence-electron chi connectivity index (χ0n) is 15.8. The Hall–Kier alpha value is -3.34. The van der Waals surface area contributed by atoms with Crippen LogP contribution in [0, 0.1) is 18.8 Å². The Bertz CT molecular complexity index is 1210. The number of benzene rings is 1. The maximum Gasteiger partial charge on any atom is 0.193 e. The molecule has 5 heteroatoms. The Balaban J connectivity index is 0.00000205. The van der Waals surface area contributed by atoms with E-state index in [0.29, 0.717) is 28.7 Å². The highest BCUT2D eigenvalue weighted by Gasteiger charge is 2.35. The molecule has 1 N–H and O–H groups in total. The lowest BCUT2D eigenvalue weighted by Gasteiger charge is -2.20. The van der Waals surface area contributed by atoms with E-state index in [9.17, 15) is 4.79 Å². The van der Waals surface area contributed by atoms with Crippen LogP contribution >= 0.6 is 0 Å². The number of fused-ring (bicyclic) bond motifs is 2. The number of methoxy groups -OCH3 is 1. The summed E-state index contributed by atoms with van der Waals surface area (Å²) in [7, 11) is 1.64. The van der Waals surface area contributed by atoms with Crippen LogP contribution in [0.4, 0.5) is 11.5 Å². The summed E-state index contributed by atoms with van der Waals surface area (Å²) in [6, 6.07) is 13.1. The summed E-state index contributed by atoms with van der Waals surface area (Å²) in [6.45, 7) is 1.94. The molecule has 1 aromatic carbocycles. The standard InChI is InChI=1S/C23H21N3O2.H2/c1-14-6-9-20-21(27)13-22(25-17-4-3-5-19(12-17)28-2)26(23(20)24-14)18-8-7-15-10-16(15)11-18;/h3-9,11-13,15-16,25H,10H2,1-2H3;1H. The van der Waals surface area contributed by atoms with Crippen LogP contribution in [0.1, 0.15) is 13.5 Å². The predicted octanol–water partition coefficient (Wildman–Crippen LogP) is 4.75. The van der Waals surface area contributed by atoms with Crippen LogP contribution in [0.15, 0.2) is 65.5 Å².